The highest BCUT2D eigenvalue weighted by Crippen LogP contribution is 2.24. The summed E-state index contributed by atoms with van der Waals surface area (Å²) in [5.74, 6) is -0.0541. The topological polar surface area (TPSA) is 76.8 Å². The fourth-order valence-corrected chi connectivity index (χ4v) is 2.98. The number of rotatable bonds is 7. The highest BCUT2D eigenvalue weighted by molar-refractivity contribution is 8.13. The third kappa shape index (κ3) is 5.01. The standard InChI is InChI=1S/C13H20ClNO5S/c1-9(2)8-15(5-6-19-4)13(16)11-7-12(10(3)20-11)21(14,17)18/h7,9H,5-6,8H2,1-4H3. The first-order chi connectivity index (χ1) is 9.66. The second kappa shape index (κ2) is 7.29. The monoisotopic (exact) mass is 337 g/mol. The Hall–Kier alpha value is -1.05. The molecule has 0 bridgehead atoms. The van der Waals surface area contributed by atoms with Crippen LogP contribution in [0.25, 0.3) is 0 Å². The van der Waals surface area contributed by atoms with Gasteiger partial charge in [0.15, 0.2) is 5.76 Å². The van der Waals surface area contributed by atoms with Gasteiger partial charge in [-0.25, -0.2) is 8.42 Å². The quantitative estimate of drug-likeness (QED) is 0.713. The minimum Gasteiger partial charge on any atom is -0.455 e. The second-order valence-electron chi connectivity index (χ2n) is 5.11. The molecule has 1 rings (SSSR count). The van der Waals surface area contributed by atoms with E-state index in [-0.39, 0.29) is 28.2 Å². The SMILES string of the molecule is COCCN(CC(C)C)C(=O)c1cc(S(=O)(=O)Cl)c(C)o1. The fraction of sp³-hybridized carbons (Fsp3) is 0.615. The molecule has 1 amide bonds. The van der Waals surface area contributed by atoms with E-state index in [4.69, 9.17) is 19.8 Å². The van der Waals surface area contributed by atoms with Gasteiger partial charge in [-0.05, 0) is 12.8 Å². The predicted octanol–water partition coefficient (Wildman–Crippen LogP) is 2.26. The molecule has 0 unspecified atom stereocenters. The van der Waals surface area contributed by atoms with Gasteiger partial charge in [0, 0.05) is 36.9 Å². The lowest BCUT2D eigenvalue weighted by molar-refractivity contribution is 0.0640. The lowest BCUT2D eigenvalue weighted by atomic mass is 10.2. The Bertz CT molecular complexity index is 594. The summed E-state index contributed by atoms with van der Waals surface area (Å²) in [6.45, 7) is 6.72. The molecule has 1 aromatic heterocycles. The molecule has 0 saturated carbocycles. The van der Waals surface area contributed by atoms with Crippen LogP contribution in [0.15, 0.2) is 15.4 Å². The van der Waals surface area contributed by atoms with Crippen molar-refractivity contribution in [1.29, 1.82) is 0 Å². The average molecular weight is 338 g/mol. The molecule has 0 spiro atoms. The molecule has 0 saturated heterocycles. The molecule has 0 N–H and O–H groups in total. The molecule has 1 aromatic rings. The lowest BCUT2D eigenvalue weighted by Gasteiger charge is -2.23. The number of halogens is 1. The zero-order valence-corrected chi connectivity index (χ0v) is 14.1. The summed E-state index contributed by atoms with van der Waals surface area (Å²) in [6, 6.07) is 1.17. The second-order valence-corrected chi connectivity index (χ2v) is 7.64. The van der Waals surface area contributed by atoms with Crippen LogP contribution in [0.2, 0.25) is 0 Å². The van der Waals surface area contributed by atoms with Crippen LogP contribution in [0.5, 0.6) is 0 Å². The molecule has 6 nitrogen and oxygen atoms in total. The number of nitrogens with zero attached hydrogens (tertiary/aromatic N) is 1. The summed E-state index contributed by atoms with van der Waals surface area (Å²) in [5, 5.41) is 0. The van der Waals surface area contributed by atoms with Gasteiger partial charge in [-0.3, -0.25) is 4.79 Å². The molecule has 120 valence electrons. The van der Waals surface area contributed by atoms with Crippen molar-refractivity contribution in [3.8, 4) is 0 Å². The Morgan fingerprint density at radius 2 is 2.10 bits per heavy atom. The zero-order chi connectivity index (χ0) is 16.2. The summed E-state index contributed by atoms with van der Waals surface area (Å²) in [6.07, 6.45) is 0. The molecule has 0 atom stereocenters. The lowest BCUT2D eigenvalue weighted by Crippen LogP contribution is -2.36. The summed E-state index contributed by atoms with van der Waals surface area (Å²) < 4.78 is 33.0. The van der Waals surface area contributed by atoms with Crippen LogP contribution < -0.4 is 0 Å². The first-order valence-corrected chi connectivity index (χ1v) is 8.81. The Morgan fingerprint density at radius 3 is 2.52 bits per heavy atom. The van der Waals surface area contributed by atoms with Crippen LogP contribution in [-0.4, -0.2) is 46.0 Å². The molecule has 0 radical (unpaired) electrons. The fourth-order valence-electron chi connectivity index (χ4n) is 1.89. The van der Waals surface area contributed by atoms with Crippen molar-refractivity contribution >= 4 is 25.6 Å². The Morgan fingerprint density at radius 1 is 1.48 bits per heavy atom. The number of aryl methyl sites for hydroxylation is 1. The van der Waals surface area contributed by atoms with E-state index in [0.29, 0.717) is 19.7 Å². The number of carbonyl (C=O) groups is 1. The summed E-state index contributed by atoms with van der Waals surface area (Å²) >= 11 is 0. The van der Waals surface area contributed by atoms with E-state index in [0.717, 1.165) is 0 Å². The molecule has 8 heteroatoms. The average Bonchev–Trinajstić information content (AvgIpc) is 2.75. The smallest absolute Gasteiger partial charge is 0.289 e. The van der Waals surface area contributed by atoms with Crippen LogP contribution in [0.4, 0.5) is 0 Å². The van der Waals surface area contributed by atoms with E-state index >= 15 is 0 Å². The molecule has 0 aromatic carbocycles. The van der Waals surface area contributed by atoms with Crippen molar-refractivity contribution in [2.45, 2.75) is 25.7 Å². The highest BCUT2D eigenvalue weighted by Gasteiger charge is 2.25. The summed E-state index contributed by atoms with van der Waals surface area (Å²) in [4.78, 5) is 13.8. The maximum absolute atomic E-state index is 12.4. The number of furan rings is 1. The summed E-state index contributed by atoms with van der Waals surface area (Å²) in [7, 11) is 2.92. The zero-order valence-electron chi connectivity index (χ0n) is 12.6. The van der Waals surface area contributed by atoms with E-state index in [1.165, 1.54) is 13.0 Å². The van der Waals surface area contributed by atoms with Crippen molar-refractivity contribution < 1.29 is 22.4 Å². The van der Waals surface area contributed by atoms with Gasteiger partial charge in [0.2, 0.25) is 0 Å². The molecule has 0 aliphatic rings. The molecular formula is C13H20ClNO5S. The van der Waals surface area contributed by atoms with Crippen molar-refractivity contribution in [2.24, 2.45) is 5.92 Å². The summed E-state index contributed by atoms with van der Waals surface area (Å²) in [5.41, 5.74) is 0. The van der Waals surface area contributed by atoms with Gasteiger partial charge in [0.25, 0.3) is 15.0 Å². The number of carbonyl (C=O) groups excluding carboxylic acids is 1. The molecule has 0 fully saturated rings. The Balaban J connectivity index is 3.03. The number of hydrogen-bond acceptors (Lipinski definition) is 5. The van der Waals surface area contributed by atoms with Crippen LogP contribution >= 0.6 is 10.7 Å². The van der Waals surface area contributed by atoms with E-state index < -0.39 is 9.05 Å². The number of hydrogen-bond donors (Lipinski definition) is 0. The van der Waals surface area contributed by atoms with Crippen molar-refractivity contribution in [2.75, 3.05) is 26.8 Å². The Labute approximate surface area is 129 Å². The third-order valence-corrected chi connectivity index (χ3v) is 4.21. The van der Waals surface area contributed by atoms with Gasteiger partial charge >= 0.3 is 0 Å². The molecular weight excluding hydrogens is 318 g/mol. The predicted molar refractivity (Wildman–Crippen MR) is 79.1 cm³/mol. The minimum atomic E-state index is -3.93. The van der Waals surface area contributed by atoms with Crippen LogP contribution in [0.3, 0.4) is 0 Å². The molecule has 0 aliphatic heterocycles. The van der Waals surface area contributed by atoms with E-state index in [1.807, 2.05) is 13.8 Å². The normalized spacial score (nSPS) is 11.9. The first kappa shape index (κ1) is 18.0. The van der Waals surface area contributed by atoms with Gasteiger partial charge in [-0.2, -0.15) is 0 Å². The number of amides is 1. The van der Waals surface area contributed by atoms with E-state index in [1.54, 1.807) is 12.0 Å². The van der Waals surface area contributed by atoms with Gasteiger partial charge in [-0.15, -0.1) is 0 Å². The van der Waals surface area contributed by atoms with Crippen molar-refractivity contribution in [3.05, 3.63) is 17.6 Å². The van der Waals surface area contributed by atoms with Crippen LogP contribution in [0.1, 0.15) is 30.2 Å². The van der Waals surface area contributed by atoms with Gasteiger partial charge in [-0.1, -0.05) is 13.8 Å². The Kier molecular flexibility index (Phi) is 6.24. The van der Waals surface area contributed by atoms with Gasteiger partial charge < -0.3 is 14.1 Å². The van der Waals surface area contributed by atoms with Crippen molar-refractivity contribution in [3.63, 3.8) is 0 Å². The van der Waals surface area contributed by atoms with Gasteiger partial charge in [0.05, 0.1) is 6.61 Å². The number of ether oxygens (including phenoxy) is 1. The molecule has 1 heterocycles. The first-order valence-electron chi connectivity index (χ1n) is 6.50. The third-order valence-electron chi connectivity index (χ3n) is 2.78. The molecule has 0 aliphatic carbocycles. The van der Waals surface area contributed by atoms with Crippen LogP contribution in [0, 0.1) is 12.8 Å². The number of methoxy groups -OCH3 is 1. The van der Waals surface area contributed by atoms with E-state index in [2.05, 4.69) is 0 Å². The maximum atomic E-state index is 12.4. The van der Waals surface area contributed by atoms with Crippen molar-refractivity contribution in [1.82, 2.24) is 4.90 Å². The van der Waals surface area contributed by atoms with E-state index in [9.17, 15) is 13.2 Å². The maximum Gasteiger partial charge on any atom is 0.289 e. The minimum absolute atomic E-state index is 0.0384. The largest absolute Gasteiger partial charge is 0.455 e. The molecule has 21 heavy (non-hydrogen) atoms. The van der Waals surface area contributed by atoms with Crippen LogP contribution in [-0.2, 0) is 13.8 Å². The van der Waals surface area contributed by atoms with Gasteiger partial charge in [0.1, 0.15) is 10.7 Å². The highest BCUT2D eigenvalue weighted by atomic mass is 35.7.